The highest BCUT2D eigenvalue weighted by molar-refractivity contribution is 7.99. The first-order valence-electron chi connectivity index (χ1n) is 6.61. The van der Waals surface area contributed by atoms with Gasteiger partial charge in [0, 0.05) is 23.9 Å². The van der Waals surface area contributed by atoms with Crippen molar-refractivity contribution in [2.75, 3.05) is 12.3 Å². The van der Waals surface area contributed by atoms with Crippen LogP contribution in [0.25, 0.3) is 0 Å². The number of aryl methyl sites for hydroxylation is 2. The Morgan fingerprint density at radius 2 is 2.21 bits per heavy atom. The van der Waals surface area contributed by atoms with Crippen molar-refractivity contribution in [2.24, 2.45) is 7.05 Å². The van der Waals surface area contributed by atoms with Crippen LogP contribution in [0, 0.1) is 6.92 Å². The highest BCUT2D eigenvalue weighted by atomic mass is 32.2. The maximum atomic E-state index is 4.26. The van der Waals surface area contributed by atoms with Crippen molar-refractivity contribution in [3.05, 3.63) is 47.8 Å². The second-order valence-electron chi connectivity index (χ2n) is 4.62. The number of hydrogen-bond acceptors (Lipinski definition) is 3. The first kappa shape index (κ1) is 14.2. The van der Waals surface area contributed by atoms with Gasteiger partial charge in [0.25, 0.3) is 0 Å². The predicted molar refractivity (Wildman–Crippen MR) is 81.5 cm³/mol. The number of hydrogen-bond donors (Lipinski definition) is 1. The molecule has 2 aromatic rings. The molecule has 0 fully saturated rings. The molecular weight excluding hydrogens is 254 g/mol. The van der Waals surface area contributed by atoms with Gasteiger partial charge in [-0.15, -0.1) is 11.8 Å². The normalized spacial score (nSPS) is 12.6. The van der Waals surface area contributed by atoms with Crippen molar-refractivity contribution < 1.29 is 0 Å². The number of rotatable bonds is 6. The van der Waals surface area contributed by atoms with Crippen molar-refractivity contribution in [1.82, 2.24) is 15.1 Å². The van der Waals surface area contributed by atoms with Crippen LogP contribution in [0.4, 0.5) is 0 Å². The Hall–Kier alpha value is -1.26. The summed E-state index contributed by atoms with van der Waals surface area (Å²) in [4.78, 5) is 1.32. The number of nitrogens with one attached hydrogen (secondary N) is 1. The zero-order chi connectivity index (χ0) is 13.7. The molecule has 1 heterocycles. The van der Waals surface area contributed by atoms with E-state index in [1.807, 2.05) is 29.7 Å². The lowest BCUT2D eigenvalue weighted by Gasteiger charge is -2.18. The molecule has 0 aliphatic heterocycles. The van der Waals surface area contributed by atoms with Crippen LogP contribution in [-0.2, 0) is 7.05 Å². The van der Waals surface area contributed by atoms with Crippen LogP contribution in [0.3, 0.4) is 0 Å². The monoisotopic (exact) mass is 275 g/mol. The molecule has 0 radical (unpaired) electrons. The van der Waals surface area contributed by atoms with Crippen molar-refractivity contribution in [3.8, 4) is 0 Å². The standard InChI is InChI=1S/C15H21N3S/c1-4-16-14(15-8-9-17-18(15)3)11-19-13-7-5-6-12(2)10-13/h5-10,14,16H,4,11H2,1-3H3. The summed E-state index contributed by atoms with van der Waals surface area (Å²) in [7, 11) is 2.00. The van der Waals surface area contributed by atoms with E-state index >= 15 is 0 Å². The van der Waals surface area contributed by atoms with Gasteiger partial charge in [-0.2, -0.15) is 5.10 Å². The average molecular weight is 275 g/mol. The minimum Gasteiger partial charge on any atom is -0.308 e. The molecule has 102 valence electrons. The van der Waals surface area contributed by atoms with Gasteiger partial charge in [-0.3, -0.25) is 4.68 Å². The maximum Gasteiger partial charge on any atom is 0.0587 e. The van der Waals surface area contributed by atoms with Gasteiger partial charge in [0.05, 0.1) is 11.7 Å². The summed E-state index contributed by atoms with van der Waals surface area (Å²) < 4.78 is 1.95. The lowest BCUT2D eigenvalue weighted by molar-refractivity contribution is 0.553. The molecule has 1 aromatic carbocycles. The van der Waals surface area contributed by atoms with Crippen molar-refractivity contribution in [3.63, 3.8) is 0 Å². The quantitative estimate of drug-likeness (QED) is 0.821. The number of benzene rings is 1. The van der Waals surface area contributed by atoms with E-state index in [0.29, 0.717) is 6.04 Å². The SMILES string of the molecule is CCNC(CSc1cccc(C)c1)c1ccnn1C. The van der Waals surface area contributed by atoms with Crippen LogP contribution in [0.2, 0.25) is 0 Å². The zero-order valence-corrected chi connectivity index (χ0v) is 12.6. The van der Waals surface area contributed by atoms with Crippen molar-refractivity contribution in [1.29, 1.82) is 0 Å². The van der Waals surface area contributed by atoms with E-state index in [-0.39, 0.29) is 0 Å². The minimum absolute atomic E-state index is 0.336. The van der Waals surface area contributed by atoms with E-state index in [9.17, 15) is 0 Å². The molecule has 0 aliphatic carbocycles. The summed E-state index contributed by atoms with van der Waals surface area (Å²) in [5.74, 6) is 1.01. The first-order valence-corrected chi connectivity index (χ1v) is 7.60. The molecule has 19 heavy (non-hydrogen) atoms. The topological polar surface area (TPSA) is 29.9 Å². The van der Waals surface area contributed by atoms with Gasteiger partial charge < -0.3 is 5.32 Å². The van der Waals surface area contributed by atoms with Gasteiger partial charge in [0.2, 0.25) is 0 Å². The fraction of sp³-hybridized carbons (Fsp3) is 0.400. The van der Waals surface area contributed by atoms with Crippen LogP contribution in [0.15, 0.2) is 41.4 Å². The molecule has 4 heteroatoms. The number of nitrogens with zero attached hydrogens (tertiary/aromatic N) is 2. The number of thioether (sulfide) groups is 1. The molecule has 0 aliphatic rings. The zero-order valence-electron chi connectivity index (χ0n) is 11.8. The molecule has 0 bridgehead atoms. The van der Waals surface area contributed by atoms with Gasteiger partial charge in [0.15, 0.2) is 0 Å². The molecule has 2 rings (SSSR count). The lowest BCUT2D eigenvalue weighted by Crippen LogP contribution is -2.25. The van der Waals surface area contributed by atoms with E-state index < -0.39 is 0 Å². The Morgan fingerprint density at radius 1 is 1.37 bits per heavy atom. The lowest BCUT2D eigenvalue weighted by atomic mass is 10.2. The molecule has 1 unspecified atom stereocenters. The Morgan fingerprint density at radius 3 is 2.84 bits per heavy atom. The molecular formula is C15H21N3S. The largest absolute Gasteiger partial charge is 0.308 e. The Bertz CT molecular complexity index is 522. The maximum absolute atomic E-state index is 4.26. The molecule has 1 atom stereocenters. The van der Waals surface area contributed by atoms with E-state index in [1.54, 1.807) is 0 Å². The predicted octanol–water partition coefficient (Wildman–Crippen LogP) is 3.17. The molecule has 0 saturated heterocycles. The van der Waals surface area contributed by atoms with Crippen LogP contribution in [0.5, 0.6) is 0 Å². The number of aromatic nitrogens is 2. The van der Waals surface area contributed by atoms with E-state index in [1.165, 1.54) is 16.2 Å². The Kier molecular flexibility index (Phi) is 5.05. The van der Waals surface area contributed by atoms with Gasteiger partial charge in [-0.25, -0.2) is 0 Å². The summed E-state index contributed by atoms with van der Waals surface area (Å²) in [6.45, 7) is 5.23. The van der Waals surface area contributed by atoms with Crippen molar-refractivity contribution in [2.45, 2.75) is 24.8 Å². The molecule has 0 spiro atoms. The van der Waals surface area contributed by atoms with Crippen LogP contribution in [0.1, 0.15) is 24.2 Å². The third-order valence-corrected chi connectivity index (χ3v) is 4.16. The second-order valence-corrected chi connectivity index (χ2v) is 5.71. The molecule has 0 amide bonds. The summed E-state index contributed by atoms with van der Waals surface area (Å²) in [5, 5.41) is 7.79. The third-order valence-electron chi connectivity index (χ3n) is 3.07. The summed E-state index contributed by atoms with van der Waals surface area (Å²) >= 11 is 1.89. The van der Waals surface area contributed by atoms with Gasteiger partial charge >= 0.3 is 0 Å². The summed E-state index contributed by atoms with van der Waals surface area (Å²) in [6.07, 6.45) is 1.86. The van der Waals surface area contributed by atoms with Crippen LogP contribution >= 0.6 is 11.8 Å². The van der Waals surface area contributed by atoms with E-state index in [2.05, 4.69) is 54.6 Å². The van der Waals surface area contributed by atoms with Gasteiger partial charge in [0.1, 0.15) is 0 Å². The highest BCUT2D eigenvalue weighted by Gasteiger charge is 2.14. The molecule has 1 N–H and O–H groups in total. The molecule has 3 nitrogen and oxygen atoms in total. The van der Waals surface area contributed by atoms with Crippen LogP contribution in [-0.4, -0.2) is 22.1 Å². The average Bonchev–Trinajstić information content (AvgIpc) is 2.81. The van der Waals surface area contributed by atoms with Crippen molar-refractivity contribution >= 4 is 11.8 Å². The molecule has 0 saturated carbocycles. The Balaban J connectivity index is 2.04. The highest BCUT2D eigenvalue weighted by Crippen LogP contribution is 2.25. The first-order chi connectivity index (χ1) is 9.20. The summed E-state index contributed by atoms with van der Waals surface area (Å²) in [6, 6.07) is 11.1. The smallest absolute Gasteiger partial charge is 0.0587 e. The fourth-order valence-corrected chi connectivity index (χ4v) is 3.20. The van der Waals surface area contributed by atoms with Gasteiger partial charge in [-0.1, -0.05) is 24.6 Å². The second kappa shape index (κ2) is 6.78. The van der Waals surface area contributed by atoms with E-state index in [0.717, 1.165) is 12.3 Å². The fourth-order valence-electron chi connectivity index (χ4n) is 2.11. The summed E-state index contributed by atoms with van der Waals surface area (Å²) in [5.41, 5.74) is 2.55. The molecule has 1 aromatic heterocycles. The van der Waals surface area contributed by atoms with Crippen LogP contribution < -0.4 is 5.32 Å². The Labute approximate surface area is 119 Å². The third kappa shape index (κ3) is 3.85. The van der Waals surface area contributed by atoms with Gasteiger partial charge in [-0.05, 0) is 31.7 Å². The van der Waals surface area contributed by atoms with E-state index in [4.69, 9.17) is 0 Å². The minimum atomic E-state index is 0.336.